The molecule has 1 aliphatic heterocycles. The molecule has 0 saturated carbocycles. The van der Waals surface area contributed by atoms with Crippen LogP contribution in [-0.4, -0.2) is 36.5 Å². The van der Waals surface area contributed by atoms with Crippen molar-refractivity contribution in [1.82, 2.24) is 10.2 Å². The quantitative estimate of drug-likeness (QED) is 0.495. The first kappa shape index (κ1) is 9.52. The molecule has 70 valence electrons. The standard InChI is InChI=1S/C9H18N2O/c1-9(2)4-3-6-11(9)7-5-10-8-12/h8H,3-7H2,1-2H3,(H,10,12). The van der Waals surface area contributed by atoms with Gasteiger partial charge in [-0.1, -0.05) is 0 Å². The third-order valence-corrected chi connectivity index (χ3v) is 2.68. The molecule has 0 atom stereocenters. The number of hydrogen-bond donors (Lipinski definition) is 1. The molecule has 0 aromatic rings. The zero-order chi connectivity index (χ0) is 9.03. The molecule has 0 aliphatic carbocycles. The van der Waals surface area contributed by atoms with Gasteiger partial charge in [0.25, 0.3) is 0 Å². The van der Waals surface area contributed by atoms with Crippen LogP contribution in [0.4, 0.5) is 0 Å². The highest BCUT2D eigenvalue weighted by Gasteiger charge is 2.30. The van der Waals surface area contributed by atoms with E-state index in [-0.39, 0.29) is 0 Å². The lowest BCUT2D eigenvalue weighted by molar-refractivity contribution is -0.109. The number of carbonyl (C=O) groups excluding carboxylic acids is 1. The minimum atomic E-state index is 0.338. The lowest BCUT2D eigenvalue weighted by atomic mass is 10.0. The second-order valence-electron chi connectivity index (χ2n) is 3.98. The third kappa shape index (κ3) is 2.21. The Kier molecular flexibility index (Phi) is 3.09. The Bertz CT molecular complexity index is 157. The number of amides is 1. The minimum absolute atomic E-state index is 0.338. The van der Waals surface area contributed by atoms with E-state index in [0.717, 1.165) is 19.5 Å². The van der Waals surface area contributed by atoms with E-state index in [2.05, 4.69) is 24.1 Å². The predicted octanol–water partition coefficient (Wildman–Crippen LogP) is 0.607. The molecule has 1 saturated heterocycles. The van der Waals surface area contributed by atoms with E-state index in [0.29, 0.717) is 5.54 Å². The molecule has 1 amide bonds. The normalized spacial score (nSPS) is 22.5. The molecule has 1 heterocycles. The van der Waals surface area contributed by atoms with Gasteiger partial charge in [-0.05, 0) is 33.2 Å². The van der Waals surface area contributed by atoms with E-state index < -0.39 is 0 Å². The first-order valence-corrected chi connectivity index (χ1v) is 4.59. The number of carbonyl (C=O) groups is 1. The predicted molar refractivity (Wildman–Crippen MR) is 49.0 cm³/mol. The average molecular weight is 170 g/mol. The maximum absolute atomic E-state index is 10.0. The first-order chi connectivity index (χ1) is 5.67. The molecule has 3 heteroatoms. The fourth-order valence-electron chi connectivity index (χ4n) is 1.84. The Morgan fingerprint density at radius 1 is 1.58 bits per heavy atom. The molecular formula is C9H18N2O. The Balaban J connectivity index is 2.26. The topological polar surface area (TPSA) is 32.3 Å². The molecule has 0 aromatic heterocycles. The van der Waals surface area contributed by atoms with Crippen LogP contribution in [0.15, 0.2) is 0 Å². The van der Waals surface area contributed by atoms with Gasteiger partial charge in [0.15, 0.2) is 0 Å². The van der Waals surface area contributed by atoms with Crippen LogP contribution in [0.3, 0.4) is 0 Å². The van der Waals surface area contributed by atoms with Gasteiger partial charge in [-0.2, -0.15) is 0 Å². The number of likely N-dealkylation sites (tertiary alicyclic amines) is 1. The van der Waals surface area contributed by atoms with Gasteiger partial charge in [0.05, 0.1) is 0 Å². The van der Waals surface area contributed by atoms with Crippen molar-refractivity contribution in [1.29, 1.82) is 0 Å². The summed E-state index contributed by atoms with van der Waals surface area (Å²) < 4.78 is 0. The molecule has 1 fully saturated rings. The smallest absolute Gasteiger partial charge is 0.207 e. The summed E-state index contributed by atoms with van der Waals surface area (Å²) in [6, 6.07) is 0. The third-order valence-electron chi connectivity index (χ3n) is 2.68. The Morgan fingerprint density at radius 2 is 2.33 bits per heavy atom. The summed E-state index contributed by atoms with van der Waals surface area (Å²) in [5.74, 6) is 0. The van der Waals surface area contributed by atoms with E-state index in [1.54, 1.807) is 0 Å². The van der Waals surface area contributed by atoms with E-state index >= 15 is 0 Å². The zero-order valence-electron chi connectivity index (χ0n) is 7.97. The lowest BCUT2D eigenvalue weighted by Crippen LogP contribution is -2.41. The van der Waals surface area contributed by atoms with Crippen molar-refractivity contribution in [2.45, 2.75) is 32.2 Å². The molecule has 1 aliphatic rings. The monoisotopic (exact) mass is 170 g/mol. The lowest BCUT2D eigenvalue weighted by Gasteiger charge is -2.31. The molecule has 12 heavy (non-hydrogen) atoms. The summed E-state index contributed by atoms with van der Waals surface area (Å²) in [6.07, 6.45) is 3.32. The number of rotatable bonds is 4. The van der Waals surface area contributed by atoms with Crippen molar-refractivity contribution in [3.63, 3.8) is 0 Å². The Morgan fingerprint density at radius 3 is 2.83 bits per heavy atom. The summed E-state index contributed by atoms with van der Waals surface area (Å²) in [4.78, 5) is 12.4. The van der Waals surface area contributed by atoms with Crippen LogP contribution in [0.5, 0.6) is 0 Å². The molecule has 0 unspecified atom stereocenters. The second kappa shape index (κ2) is 3.90. The number of nitrogens with one attached hydrogen (secondary N) is 1. The van der Waals surface area contributed by atoms with Crippen molar-refractivity contribution < 1.29 is 4.79 Å². The second-order valence-corrected chi connectivity index (χ2v) is 3.98. The van der Waals surface area contributed by atoms with E-state index in [1.807, 2.05) is 0 Å². The van der Waals surface area contributed by atoms with Crippen molar-refractivity contribution >= 4 is 6.41 Å². The van der Waals surface area contributed by atoms with Gasteiger partial charge in [0.1, 0.15) is 0 Å². The van der Waals surface area contributed by atoms with Gasteiger partial charge in [-0.15, -0.1) is 0 Å². The van der Waals surface area contributed by atoms with Crippen LogP contribution in [0.1, 0.15) is 26.7 Å². The maximum atomic E-state index is 10.0. The van der Waals surface area contributed by atoms with Crippen molar-refractivity contribution in [3.05, 3.63) is 0 Å². The Labute approximate surface area is 74.1 Å². The highest BCUT2D eigenvalue weighted by Crippen LogP contribution is 2.27. The average Bonchev–Trinajstić information content (AvgIpc) is 2.32. The van der Waals surface area contributed by atoms with E-state index in [4.69, 9.17) is 0 Å². The zero-order valence-corrected chi connectivity index (χ0v) is 7.97. The van der Waals surface area contributed by atoms with Crippen LogP contribution in [0.2, 0.25) is 0 Å². The van der Waals surface area contributed by atoms with Gasteiger partial charge < -0.3 is 5.32 Å². The van der Waals surface area contributed by atoms with Crippen molar-refractivity contribution in [3.8, 4) is 0 Å². The largest absolute Gasteiger partial charge is 0.357 e. The molecule has 0 radical (unpaired) electrons. The first-order valence-electron chi connectivity index (χ1n) is 4.59. The van der Waals surface area contributed by atoms with Gasteiger partial charge in [-0.25, -0.2) is 0 Å². The van der Waals surface area contributed by atoms with Crippen molar-refractivity contribution in [2.75, 3.05) is 19.6 Å². The fraction of sp³-hybridized carbons (Fsp3) is 0.889. The SMILES string of the molecule is CC1(C)CCCN1CCNC=O. The van der Waals surface area contributed by atoms with Gasteiger partial charge in [0.2, 0.25) is 6.41 Å². The molecule has 0 bridgehead atoms. The molecule has 1 rings (SSSR count). The summed E-state index contributed by atoms with van der Waals surface area (Å²) >= 11 is 0. The van der Waals surface area contributed by atoms with E-state index in [1.165, 1.54) is 19.4 Å². The van der Waals surface area contributed by atoms with Gasteiger partial charge in [-0.3, -0.25) is 9.69 Å². The van der Waals surface area contributed by atoms with Gasteiger partial charge >= 0.3 is 0 Å². The highest BCUT2D eigenvalue weighted by molar-refractivity contribution is 5.45. The van der Waals surface area contributed by atoms with Crippen LogP contribution < -0.4 is 5.32 Å². The molecule has 3 nitrogen and oxygen atoms in total. The molecule has 1 N–H and O–H groups in total. The highest BCUT2D eigenvalue weighted by atomic mass is 16.1. The summed E-state index contributed by atoms with van der Waals surface area (Å²) in [5, 5.41) is 2.69. The van der Waals surface area contributed by atoms with Gasteiger partial charge in [0, 0.05) is 18.6 Å². The number of nitrogens with zero attached hydrogens (tertiary/aromatic N) is 1. The molecule has 0 aromatic carbocycles. The van der Waals surface area contributed by atoms with Crippen LogP contribution in [0, 0.1) is 0 Å². The van der Waals surface area contributed by atoms with Crippen LogP contribution >= 0.6 is 0 Å². The van der Waals surface area contributed by atoms with Crippen molar-refractivity contribution in [2.24, 2.45) is 0 Å². The maximum Gasteiger partial charge on any atom is 0.207 e. The molecular weight excluding hydrogens is 152 g/mol. The summed E-state index contributed by atoms with van der Waals surface area (Å²) in [5.41, 5.74) is 0.338. The van der Waals surface area contributed by atoms with Crippen LogP contribution in [-0.2, 0) is 4.79 Å². The Hall–Kier alpha value is -0.570. The minimum Gasteiger partial charge on any atom is -0.357 e. The summed E-state index contributed by atoms with van der Waals surface area (Å²) in [7, 11) is 0. The number of hydrogen-bond acceptors (Lipinski definition) is 2. The van der Waals surface area contributed by atoms with Crippen LogP contribution in [0.25, 0.3) is 0 Å². The summed E-state index contributed by atoms with van der Waals surface area (Å²) in [6.45, 7) is 7.45. The fourth-order valence-corrected chi connectivity index (χ4v) is 1.84. The molecule has 0 spiro atoms. The van der Waals surface area contributed by atoms with E-state index in [9.17, 15) is 4.79 Å².